The van der Waals surface area contributed by atoms with Gasteiger partial charge in [-0.05, 0) is 12.0 Å². The van der Waals surface area contributed by atoms with Gasteiger partial charge < -0.3 is 14.8 Å². The van der Waals surface area contributed by atoms with Crippen molar-refractivity contribution in [2.24, 2.45) is 5.92 Å². The third-order valence-corrected chi connectivity index (χ3v) is 2.90. The molecule has 3 heteroatoms. The van der Waals surface area contributed by atoms with Gasteiger partial charge in [0.2, 0.25) is 0 Å². The molecule has 0 aliphatic rings. The molecule has 0 aromatic heterocycles. The summed E-state index contributed by atoms with van der Waals surface area (Å²) in [7, 11) is 3.44. The molecule has 0 aliphatic heterocycles. The van der Waals surface area contributed by atoms with Gasteiger partial charge in [0.15, 0.2) is 0 Å². The molecule has 0 aliphatic carbocycles. The topological polar surface area (TPSA) is 30.5 Å². The predicted octanol–water partition coefficient (Wildman–Crippen LogP) is 2.46. The third kappa shape index (κ3) is 4.36. The first-order chi connectivity index (χ1) is 8.19. The van der Waals surface area contributed by atoms with Crippen molar-refractivity contribution in [3.8, 4) is 5.75 Å². The Morgan fingerprint density at radius 2 is 1.88 bits per heavy atom. The highest BCUT2D eigenvalue weighted by atomic mass is 16.5. The minimum Gasteiger partial charge on any atom is -0.496 e. The summed E-state index contributed by atoms with van der Waals surface area (Å²) < 4.78 is 10.5. The van der Waals surface area contributed by atoms with Crippen LogP contribution < -0.4 is 10.1 Å². The molecule has 0 radical (unpaired) electrons. The lowest BCUT2D eigenvalue weighted by Crippen LogP contribution is -2.37. The monoisotopic (exact) mass is 237 g/mol. The zero-order chi connectivity index (χ0) is 12.7. The Hall–Kier alpha value is -1.06. The standard InChI is InChI=1S/C14H23NO2/c1-11(2)13(10-16-3)15-9-12-7-5-6-8-14(12)17-4/h5-8,11,13,15H,9-10H2,1-4H3. The van der Waals surface area contributed by atoms with Crippen LogP contribution in [0.1, 0.15) is 19.4 Å². The Kier molecular flexibility index (Phi) is 6.01. The van der Waals surface area contributed by atoms with Crippen LogP contribution in [-0.4, -0.2) is 26.9 Å². The van der Waals surface area contributed by atoms with E-state index in [9.17, 15) is 0 Å². The van der Waals surface area contributed by atoms with Crippen LogP contribution in [0.5, 0.6) is 5.75 Å². The van der Waals surface area contributed by atoms with Crippen molar-refractivity contribution in [1.29, 1.82) is 0 Å². The number of para-hydroxylation sites is 1. The molecule has 0 fully saturated rings. The average Bonchev–Trinajstić information content (AvgIpc) is 2.34. The quantitative estimate of drug-likeness (QED) is 0.790. The first kappa shape index (κ1) is 14.0. The van der Waals surface area contributed by atoms with Crippen LogP contribution in [0.3, 0.4) is 0 Å². The van der Waals surface area contributed by atoms with Crippen LogP contribution in [-0.2, 0) is 11.3 Å². The zero-order valence-electron chi connectivity index (χ0n) is 11.2. The fourth-order valence-electron chi connectivity index (χ4n) is 1.76. The summed E-state index contributed by atoms with van der Waals surface area (Å²) in [6.07, 6.45) is 0. The number of ether oxygens (including phenoxy) is 2. The van der Waals surface area contributed by atoms with Gasteiger partial charge in [-0.15, -0.1) is 0 Å². The molecule has 1 aromatic rings. The second-order valence-corrected chi connectivity index (χ2v) is 4.50. The summed E-state index contributed by atoms with van der Waals surface area (Å²) in [4.78, 5) is 0. The van der Waals surface area contributed by atoms with Gasteiger partial charge in [0.25, 0.3) is 0 Å². The number of hydrogen-bond donors (Lipinski definition) is 1. The maximum absolute atomic E-state index is 5.33. The van der Waals surface area contributed by atoms with Gasteiger partial charge in [-0.25, -0.2) is 0 Å². The van der Waals surface area contributed by atoms with Crippen LogP contribution >= 0.6 is 0 Å². The summed E-state index contributed by atoms with van der Waals surface area (Å²) in [6, 6.07) is 8.44. The lowest BCUT2D eigenvalue weighted by atomic mass is 10.0. The number of methoxy groups -OCH3 is 2. The highest BCUT2D eigenvalue weighted by Gasteiger charge is 2.13. The second-order valence-electron chi connectivity index (χ2n) is 4.50. The molecule has 1 unspecified atom stereocenters. The van der Waals surface area contributed by atoms with Crippen LogP contribution in [0.4, 0.5) is 0 Å². The maximum atomic E-state index is 5.33. The van der Waals surface area contributed by atoms with E-state index in [1.807, 2.05) is 18.2 Å². The molecule has 96 valence electrons. The highest BCUT2D eigenvalue weighted by Crippen LogP contribution is 2.17. The Bertz CT molecular complexity index is 326. The zero-order valence-corrected chi connectivity index (χ0v) is 11.2. The summed E-state index contributed by atoms with van der Waals surface area (Å²) in [6.45, 7) is 5.92. The SMILES string of the molecule is COCC(NCc1ccccc1OC)C(C)C. The van der Waals surface area contributed by atoms with Crippen molar-refractivity contribution in [3.63, 3.8) is 0 Å². The Balaban J connectivity index is 2.58. The lowest BCUT2D eigenvalue weighted by Gasteiger charge is -2.22. The molecule has 17 heavy (non-hydrogen) atoms. The first-order valence-corrected chi connectivity index (χ1v) is 6.03. The minimum atomic E-state index is 0.366. The van der Waals surface area contributed by atoms with E-state index in [0.29, 0.717) is 12.0 Å². The van der Waals surface area contributed by atoms with Gasteiger partial charge in [-0.2, -0.15) is 0 Å². The van der Waals surface area contributed by atoms with Crippen molar-refractivity contribution < 1.29 is 9.47 Å². The summed E-state index contributed by atoms with van der Waals surface area (Å²) in [5, 5.41) is 3.51. The van der Waals surface area contributed by atoms with Crippen molar-refractivity contribution >= 4 is 0 Å². The fraction of sp³-hybridized carbons (Fsp3) is 0.571. The van der Waals surface area contributed by atoms with Crippen LogP contribution in [0, 0.1) is 5.92 Å². The first-order valence-electron chi connectivity index (χ1n) is 6.03. The second kappa shape index (κ2) is 7.30. The lowest BCUT2D eigenvalue weighted by molar-refractivity contribution is 0.146. The van der Waals surface area contributed by atoms with Gasteiger partial charge in [0, 0.05) is 25.3 Å². The van der Waals surface area contributed by atoms with Crippen LogP contribution in [0.15, 0.2) is 24.3 Å². The van der Waals surface area contributed by atoms with E-state index < -0.39 is 0 Å². The van der Waals surface area contributed by atoms with Crippen molar-refractivity contribution in [3.05, 3.63) is 29.8 Å². The predicted molar refractivity (Wildman–Crippen MR) is 70.3 cm³/mol. The molecule has 0 heterocycles. The van der Waals surface area contributed by atoms with Crippen molar-refractivity contribution in [1.82, 2.24) is 5.32 Å². The summed E-state index contributed by atoms with van der Waals surface area (Å²) >= 11 is 0. The van der Waals surface area contributed by atoms with E-state index in [4.69, 9.17) is 9.47 Å². The molecule has 1 N–H and O–H groups in total. The van der Waals surface area contributed by atoms with Gasteiger partial charge in [0.1, 0.15) is 5.75 Å². The number of benzene rings is 1. The van der Waals surface area contributed by atoms with E-state index in [1.54, 1.807) is 14.2 Å². The molecule has 0 spiro atoms. The van der Waals surface area contributed by atoms with Gasteiger partial charge in [-0.1, -0.05) is 32.0 Å². The normalized spacial score (nSPS) is 12.8. The Morgan fingerprint density at radius 1 is 1.18 bits per heavy atom. The fourth-order valence-corrected chi connectivity index (χ4v) is 1.76. The smallest absolute Gasteiger partial charge is 0.123 e. The number of rotatable bonds is 7. The van der Waals surface area contributed by atoms with Crippen LogP contribution in [0.2, 0.25) is 0 Å². The molecular formula is C14H23NO2. The minimum absolute atomic E-state index is 0.366. The van der Waals surface area contributed by atoms with Crippen molar-refractivity contribution in [2.45, 2.75) is 26.4 Å². The van der Waals surface area contributed by atoms with Gasteiger partial charge >= 0.3 is 0 Å². The van der Waals surface area contributed by atoms with Gasteiger partial charge in [-0.3, -0.25) is 0 Å². The highest BCUT2D eigenvalue weighted by molar-refractivity contribution is 5.33. The third-order valence-electron chi connectivity index (χ3n) is 2.90. The van der Waals surface area contributed by atoms with E-state index in [1.165, 1.54) is 5.56 Å². The molecule has 1 atom stereocenters. The number of hydrogen-bond acceptors (Lipinski definition) is 3. The summed E-state index contributed by atoms with van der Waals surface area (Å²) in [5.41, 5.74) is 1.18. The maximum Gasteiger partial charge on any atom is 0.123 e. The molecule has 0 bridgehead atoms. The number of nitrogens with one attached hydrogen (secondary N) is 1. The van der Waals surface area contributed by atoms with Crippen LogP contribution in [0.25, 0.3) is 0 Å². The van der Waals surface area contributed by atoms with Crippen molar-refractivity contribution in [2.75, 3.05) is 20.8 Å². The molecule has 1 rings (SSSR count). The molecule has 3 nitrogen and oxygen atoms in total. The summed E-state index contributed by atoms with van der Waals surface area (Å²) in [5.74, 6) is 1.48. The van der Waals surface area contributed by atoms with E-state index in [0.717, 1.165) is 18.9 Å². The molecule has 0 saturated heterocycles. The largest absolute Gasteiger partial charge is 0.496 e. The Morgan fingerprint density at radius 3 is 2.47 bits per heavy atom. The van der Waals surface area contributed by atoms with E-state index >= 15 is 0 Å². The van der Waals surface area contributed by atoms with E-state index in [-0.39, 0.29) is 0 Å². The molecule has 0 saturated carbocycles. The van der Waals surface area contributed by atoms with Gasteiger partial charge in [0.05, 0.1) is 13.7 Å². The average molecular weight is 237 g/mol. The van der Waals surface area contributed by atoms with E-state index in [2.05, 4.69) is 25.2 Å². The molecular weight excluding hydrogens is 214 g/mol. The Labute approximate surface area is 104 Å². The molecule has 1 aromatic carbocycles. The molecule has 0 amide bonds.